The molecule has 5 heteroatoms. The summed E-state index contributed by atoms with van der Waals surface area (Å²) in [6, 6.07) is 7.84. The van der Waals surface area contributed by atoms with Crippen LogP contribution in [0.15, 0.2) is 24.3 Å². The average Bonchev–Trinajstić information content (AvgIpc) is 3.21. The lowest BCUT2D eigenvalue weighted by molar-refractivity contribution is -0.156. The second-order valence-electron chi connectivity index (χ2n) is 6.77. The number of hydrogen-bond acceptors (Lipinski definition) is 3. The van der Waals surface area contributed by atoms with Crippen LogP contribution in [0.5, 0.6) is 5.75 Å². The van der Waals surface area contributed by atoms with Crippen molar-refractivity contribution >= 4 is 11.9 Å². The Hall–Kier alpha value is -2.04. The van der Waals surface area contributed by atoms with Crippen LogP contribution in [0.4, 0.5) is 0 Å². The molecule has 3 rings (SSSR count). The van der Waals surface area contributed by atoms with Gasteiger partial charge in [0.05, 0.1) is 6.61 Å². The zero-order valence-corrected chi connectivity index (χ0v) is 13.1. The van der Waals surface area contributed by atoms with Crippen molar-refractivity contribution < 1.29 is 19.4 Å². The molecule has 1 spiro atoms. The van der Waals surface area contributed by atoms with Gasteiger partial charge in [-0.1, -0.05) is 18.2 Å². The van der Waals surface area contributed by atoms with Crippen LogP contribution in [-0.2, 0) is 15.0 Å². The van der Waals surface area contributed by atoms with Gasteiger partial charge < -0.3 is 14.7 Å². The zero-order chi connectivity index (χ0) is 16.1. The largest absolute Gasteiger partial charge is 0.493 e. The van der Waals surface area contributed by atoms with E-state index in [1.54, 1.807) is 20.9 Å². The van der Waals surface area contributed by atoms with Crippen molar-refractivity contribution in [1.29, 1.82) is 0 Å². The predicted octanol–water partition coefficient (Wildman–Crippen LogP) is 2.05. The molecule has 1 heterocycles. The first-order chi connectivity index (χ1) is 10.3. The Labute approximate surface area is 129 Å². The molecule has 0 bridgehead atoms. The standard InChI is InChI=1S/C17H21NO4/c1-16(2,15(20)21)18(3)14(19)12-10-17(12)8-9-22-13-7-5-4-6-11(13)17/h4-7,12H,8-10H2,1-3H3,(H,20,21)/t12-,17-/m0/s1. The molecule has 5 nitrogen and oxygen atoms in total. The van der Waals surface area contributed by atoms with Crippen molar-refractivity contribution in [3.63, 3.8) is 0 Å². The van der Waals surface area contributed by atoms with Crippen LogP contribution >= 0.6 is 0 Å². The monoisotopic (exact) mass is 303 g/mol. The number of likely N-dealkylation sites (N-methyl/N-ethyl adjacent to an activating group) is 1. The van der Waals surface area contributed by atoms with E-state index in [4.69, 9.17) is 4.74 Å². The number of rotatable bonds is 3. The minimum Gasteiger partial charge on any atom is -0.493 e. The van der Waals surface area contributed by atoms with Crippen molar-refractivity contribution in [3.8, 4) is 5.75 Å². The van der Waals surface area contributed by atoms with Crippen LogP contribution in [-0.4, -0.2) is 41.1 Å². The van der Waals surface area contributed by atoms with E-state index in [2.05, 4.69) is 0 Å². The van der Waals surface area contributed by atoms with Crippen LogP contribution in [0, 0.1) is 5.92 Å². The first-order valence-corrected chi connectivity index (χ1v) is 7.54. The van der Waals surface area contributed by atoms with Crippen LogP contribution < -0.4 is 4.74 Å². The number of amides is 1. The first-order valence-electron chi connectivity index (χ1n) is 7.54. The predicted molar refractivity (Wildman–Crippen MR) is 80.8 cm³/mol. The van der Waals surface area contributed by atoms with Gasteiger partial charge >= 0.3 is 5.97 Å². The van der Waals surface area contributed by atoms with Crippen molar-refractivity contribution in [2.75, 3.05) is 13.7 Å². The fourth-order valence-electron chi connectivity index (χ4n) is 3.34. The number of carboxylic acid groups (broad SMARTS) is 1. The highest BCUT2D eigenvalue weighted by Gasteiger charge is 2.62. The molecular weight excluding hydrogens is 282 g/mol. The van der Waals surface area contributed by atoms with Gasteiger partial charge in [0, 0.05) is 23.9 Å². The molecule has 1 aromatic carbocycles. The Balaban J connectivity index is 1.86. The summed E-state index contributed by atoms with van der Waals surface area (Å²) in [5.41, 5.74) is -0.290. The summed E-state index contributed by atoms with van der Waals surface area (Å²) in [6.07, 6.45) is 1.58. The average molecular weight is 303 g/mol. The molecule has 1 aromatic rings. The SMILES string of the molecule is CN(C(=O)[C@@H]1C[C@]12CCOc1ccccc12)C(C)(C)C(=O)O. The van der Waals surface area contributed by atoms with Crippen molar-refractivity contribution in [1.82, 2.24) is 4.90 Å². The fraction of sp³-hybridized carbons (Fsp3) is 0.529. The van der Waals surface area contributed by atoms with Gasteiger partial charge in [-0.2, -0.15) is 0 Å². The van der Waals surface area contributed by atoms with Crippen LogP contribution in [0.2, 0.25) is 0 Å². The maximum Gasteiger partial charge on any atom is 0.329 e. The molecule has 2 atom stereocenters. The Bertz CT molecular complexity index is 639. The van der Waals surface area contributed by atoms with Crippen molar-refractivity contribution in [3.05, 3.63) is 29.8 Å². The number of aliphatic carboxylic acids is 1. The van der Waals surface area contributed by atoms with Gasteiger partial charge in [-0.25, -0.2) is 4.79 Å². The molecule has 0 unspecified atom stereocenters. The smallest absolute Gasteiger partial charge is 0.329 e. The summed E-state index contributed by atoms with van der Waals surface area (Å²) in [6.45, 7) is 3.72. The quantitative estimate of drug-likeness (QED) is 0.928. The molecular formula is C17H21NO4. The van der Waals surface area contributed by atoms with Gasteiger partial charge in [-0.05, 0) is 32.8 Å². The maximum absolute atomic E-state index is 12.8. The minimum absolute atomic E-state index is 0.0934. The maximum atomic E-state index is 12.8. The summed E-state index contributed by atoms with van der Waals surface area (Å²) in [7, 11) is 1.58. The van der Waals surface area contributed by atoms with E-state index in [-0.39, 0.29) is 17.2 Å². The molecule has 0 saturated heterocycles. The highest BCUT2D eigenvalue weighted by molar-refractivity contribution is 5.90. The molecule has 1 N–H and O–H groups in total. The van der Waals surface area contributed by atoms with E-state index in [0.29, 0.717) is 6.61 Å². The van der Waals surface area contributed by atoms with Gasteiger partial charge in [-0.3, -0.25) is 4.79 Å². The molecule has 1 aliphatic carbocycles. The number of fused-ring (bicyclic) bond motifs is 2. The number of carbonyl (C=O) groups excluding carboxylic acids is 1. The zero-order valence-electron chi connectivity index (χ0n) is 13.1. The number of carboxylic acids is 1. The first kappa shape index (κ1) is 14.9. The number of carbonyl (C=O) groups is 2. The lowest BCUT2D eigenvalue weighted by Gasteiger charge is -2.33. The Morgan fingerprint density at radius 2 is 2.05 bits per heavy atom. The Morgan fingerprint density at radius 1 is 1.36 bits per heavy atom. The van der Waals surface area contributed by atoms with Gasteiger partial charge in [0.15, 0.2) is 0 Å². The molecule has 0 radical (unpaired) electrons. The summed E-state index contributed by atoms with van der Waals surface area (Å²) < 4.78 is 5.67. The van der Waals surface area contributed by atoms with Gasteiger partial charge in [0.1, 0.15) is 11.3 Å². The lowest BCUT2D eigenvalue weighted by Crippen LogP contribution is -2.52. The molecule has 118 valence electrons. The van der Waals surface area contributed by atoms with Crippen LogP contribution in [0.25, 0.3) is 0 Å². The number of benzene rings is 1. The van der Waals surface area contributed by atoms with Crippen molar-refractivity contribution in [2.45, 2.75) is 37.6 Å². The summed E-state index contributed by atoms with van der Waals surface area (Å²) in [5, 5.41) is 9.31. The van der Waals surface area contributed by atoms with Crippen LogP contribution in [0.3, 0.4) is 0 Å². The molecule has 1 aliphatic heterocycles. The second-order valence-corrected chi connectivity index (χ2v) is 6.77. The number of nitrogens with zero attached hydrogens (tertiary/aromatic N) is 1. The third kappa shape index (κ3) is 1.99. The minimum atomic E-state index is -1.20. The number of hydrogen-bond donors (Lipinski definition) is 1. The van der Waals surface area contributed by atoms with E-state index in [0.717, 1.165) is 24.2 Å². The summed E-state index contributed by atoms with van der Waals surface area (Å²) >= 11 is 0. The van der Waals surface area contributed by atoms with Crippen LogP contribution in [0.1, 0.15) is 32.3 Å². The van der Waals surface area contributed by atoms with Gasteiger partial charge in [0.25, 0.3) is 0 Å². The molecule has 2 aliphatic rings. The Kier molecular flexibility index (Phi) is 3.20. The molecule has 1 fully saturated rings. The van der Waals surface area contributed by atoms with Crippen molar-refractivity contribution in [2.24, 2.45) is 5.92 Å². The van der Waals surface area contributed by atoms with E-state index in [1.165, 1.54) is 4.90 Å². The summed E-state index contributed by atoms with van der Waals surface area (Å²) in [5.74, 6) is -0.389. The van der Waals surface area contributed by atoms with E-state index < -0.39 is 11.5 Å². The van der Waals surface area contributed by atoms with Gasteiger partial charge in [0.2, 0.25) is 5.91 Å². The number of ether oxygens (including phenoxy) is 1. The second kappa shape index (κ2) is 4.73. The highest BCUT2D eigenvalue weighted by Crippen LogP contribution is 2.61. The highest BCUT2D eigenvalue weighted by atomic mass is 16.5. The third-order valence-corrected chi connectivity index (χ3v) is 5.30. The molecule has 1 amide bonds. The van der Waals surface area contributed by atoms with E-state index in [1.807, 2.05) is 24.3 Å². The Morgan fingerprint density at radius 3 is 2.73 bits per heavy atom. The van der Waals surface area contributed by atoms with E-state index in [9.17, 15) is 14.7 Å². The summed E-state index contributed by atoms with van der Waals surface area (Å²) in [4.78, 5) is 25.5. The third-order valence-electron chi connectivity index (χ3n) is 5.30. The number of para-hydroxylation sites is 1. The van der Waals surface area contributed by atoms with Gasteiger partial charge in [-0.15, -0.1) is 0 Å². The molecule has 0 aromatic heterocycles. The topological polar surface area (TPSA) is 66.8 Å². The molecule has 22 heavy (non-hydrogen) atoms. The lowest BCUT2D eigenvalue weighted by atomic mass is 9.87. The van der Waals surface area contributed by atoms with E-state index >= 15 is 0 Å². The fourth-order valence-corrected chi connectivity index (χ4v) is 3.34. The molecule has 1 saturated carbocycles. The normalized spacial score (nSPS) is 26.0.